The number of tetrazole rings is 1. The average Bonchev–Trinajstić information content (AvgIpc) is 3.58. The summed E-state index contributed by atoms with van der Waals surface area (Å²) in [5.74, 6) is -0.550. The molecule has 1 aliphatic rings. The molecule has 3 aromatic rings. The van der Waals surface area contributed by atoms with E-state index in [1.165, 1.54) is 21.9 Å². The number of amides is 1. The number of esters is 1. The maximum Gasteiger partial charge on any atom is 0.357 e. The molecule has 2 heterocycles. The molecule has 0 bridgehead atoms. The van der Waals surface area contributed by atoms with Crippen molar-refractivity contribution in [3.05, 3.63) is 54.5 Å². The zero-order valence-electron chi connectivity index (χ0n) is 18.8. The van der Waals surface area contributed by atoms with Gasteiger partial charge in [-0.05, 0) is 35.4 Å². The van der Waals surface area contributed by atoms with Crippen LogP contribution in [0.2, 0.25) is 0 Å². The van der Waals surface area contributed by atoms with E-state index in [1.807, 2.05) is 30.3 Å². The van der Waals surface area contributed by atoms with Crippen LogP contribution in [0.5, 0.6) is 0 Å². The summed E-state index contributed by atoms with van der Waals surface area (Å²) in [4.78, 5) is 27.4. The van der Waals surface area contributed by atoms with Crippen LogP contribution in [-0.4, -0.2) is 56.2 Å². The molecule has 1 fully saturated rings. The van der Waals surface area contributed by atoms with Crippen LogP contribution in [0.3, 0.4) is 0 Å². The van der Waals surface area contributed by atoms with Crippen molar-refractivity contribution >= 4 is 23.6 Å². The number of hydrogen-bond acceptors (Lipinski definition) is 8. The Morgan fingerprint density at radius 1 is 1.21 bits per heavy atom. The molecule has 1 saturated carbocycles. The van der Waals surface area contributed by atoms with Gasteiger partial charge >= 0.3 is 5.97 Å². The van der Waals surface area contributed by atoms with Gasteiger partial charge in [0.2, 0.25) is 0 Å². The fourth-order valence-corrected chi connectivity index (χ4v) is 4.03. The number of benzene rings is 1. The summed E-state index contributed by atoms with van der Waals surface area (Å²) in [6, 6.07) is 14.8. The number of nitriles is 1. The first kappa shape index (κ1) is 22.9. The van der Waals surface area contributed by atoms with Gasteiger partial charge in [-0.15, -0.1) is 5.10 Å². The summed E-state index contributed by atoms with van der Waals surface area (Å²) >= 11 is 0. The van der Waals surface area contributed by atoms with E-state index in [0.29, 0.717) is 30.0 Å². The first-order valence-corrected chi connectivity index (χ1v) is 11.0. The molecule has 10 nitrogen and oxygen atoms in total. The molecule has 0 saturated heterocycles. The number of aromatic nitrogens is 4. The van der Waals surface area contributed by atoms with Gasteiger partial charge in [-0.3, -0.25) is 4.79 Å². The lowest BCUT2D eigenvalue weighted by Crippen LogP contribution is -2.51. The monoisotopic (exact) mass is 460 g/mol. The molecule has 0 radical (unpaired) electrons. The average molecular weight is 460 g/mol. The van der Waals surface area contributed by atoms with E-state index in [9.17, 15) is 14.9 Å². The predicted molar refractivity (Wildman–Crippen MR) is 121 cm³/mol. The van der Waals surface area contributed by atoms with Crippen LogP contribution >= 0.6 is 0 Å². The minimum atomic E-state index is -0.870. The Balaban J connectivity index is 1.56. The Morgan fingerprint density at radius 2 is 1.97 bits per heavy atom. The van der Waals surface area contributed by atoms with Gasteiger partial charge in [0, 0.05) is 18.7 Å². The van der Waals surface area contributed by atoms with Crippen LogP contribution < -0.4 is 0 Å². The third-order valence-electron chi connectivity index (χ3n) is 5.99. The summed E-state index contributed by atoms with van der Waals surface area (Å²) in [6.07, 6.45) is 6.92. The van der Waals surface area contributed by atoms with Gasteiger partial charge in [0.25, 0.3) is 5.91 Å². The van der Waals surface area contributed by atoms with Crippen LogP contribution in [0, 0.1) is 11.3 Å². The summed E-state index contributed by atoms with van der Waals surface area (Å²) < 4.78 is 12.0. The summed E-state index contributed by atoms with van der Waals surface area (Å²) in [5, 5.41) is 21.4. The third kappa shape index (κ3) is 4.73. The molecule has 0 aliphatic heterocycles. The number of furan rings is 1. The normalized spacial score (nSPS) is 15.4. The molecule has 0 spiro atoms. The predicted octanol–water partition coefficient (Wildman–Crippen LogP) is 3.16. The van der Waals surface area contributed by atoms with Crippen molar-refractivity contribution in [3.8, 4) is 17.5 Å². The van der Waals surface area contributed by atoms with Gasteiger partial charge < -0.3 is 14.1 Å². The highest BCUT2D eigenvalue weighted by Crippen LogP contribution is 2.32. The van der Waals surface area contributed by atoms with Crippen LogP contribution in [0.4, 0.5) is 0 Å². The molecule has 1 amide bonds. The van der Waals surface area contributed by atoms with E-state index in [0.717, 1.165) is 19.3 Å². The summed E-state index contributed by atoms with van der Waals surface area (Å²) in [7, 11) is 1.58. The second-order valence-electron chi connectivity index (χ2n) is 8.06. The number of carbonyl (C=O) groups is 2. The Labute approximate surface area is 196 Å². The quantitative estimate of drug-likeness (QED) is 0.389. The first-order chi connectivity index (χ1) is 16.5. The van der Waals surface area contributed by atoms with Gasteiger partial charge in [-0.25, -0.2) is 4.79 Å². The number of nitrogens with zero attached hydrogens (tertiary/aromatic N) is 6. The second kappa shape index (κ2) is 10.1. The van der Waals surface area contributed by atoms with E-state index in [2.05, 4.69) is 21.6 Å². The standard InChI is InChI=1S/C24H24N6O4/c1-29(24(17-25)12-6-3-7-13-24)21(31)16-34-23(32)20(15-19-11-8-14-33-19)30-22(26-27-28-30)18-9-4-2-5-10-18/h2,4-5,8-11,14-15H,3,6-7,12-13,16H2,1H3. The fourth-order valence-electron chi connectivity index (χ4n) is 4.03. The van der Waals surface area contributed by atoms with E-state index >= 15 is 0 Å². The van der Waals surface area contributed by atoms with E-state index in [-0.39, 0.29) is 5.70 Å². The molecule has 174 valence electrons. The van der Waals surface area contributed by atoms with Gasteiger partial charge in [0.05, 0.1) is 12.3 Å². The van der Waals surface area contributed by atoms with Gasteiger partial charge in [0.1, 0.15) is 11.3 Å². The maximum absolute atomic E-state index is 13.1. The van der Waals surface area contributed by atoms with Gasteiger partial charge in [0.15, 0.2) is 18.1 Å². The summed E-state index contributed by atoms with van der Waals surface area (Å²) in [5.41, 5.74) is -0.207. The fraction of sp³-hybridized carbons (Fsp3) is 0.333. The number of ether oxygens (including phenoxy) is 1. The van der Waals surface area contributed by atoms with Gasteiger partial charge in [-0.1, -0.05) is 49.6 Å². The Morgan fingerprint density at radius 3 is 2.65 bits per heavy atom. The van der Waals surface area contributed by atoms with Crippen molar-refractivity contribution in [1.29, 1.82) is 5.26 Å². The molecule has 0 atom stereocenters. The Bertz CT molecular complexity index is 1200. The van der Waals surface area contributed by atoms with Crippen LogP contribution in [0.15, 0.2) is 53.1 Å². The largest absolute Gasteiger partial charge is 0.465 e. The van der Waals surface area contributed by atoms with E-state index in [4.69, 9.17) is 9.15 Å². The second-order valence-corrected chi connectivity index (χ2v) is 8.06. The first-order valence-electron chi connectivity index (χ1n) is 11.0. The Hall–Kier alpha value is -4.26. The molecule has 4 rings (SSSR count). The minimum Gasteiger partial charge on any atom is -0.465 e. The van der Waals surface area contributed by atoms with Crippen molar-refractivity contribution in [3.63, 3.8) is 0 Å². The molecule has 0 unspecified atom stereocenters. The van der Waals surface area contributed by atoms with Crippen LogP contribution in [-0.2, 0) is 14.3 Å². The maximum atomic E-state index is 13.1. The van der Waals surface area contributed by atoms with Crippen LogP contribution in [0.1, 0.15) is 37.9 Å². The molecule has 0 N–H and O–H groups in total. The number of rotatable bonds is 7. The lowest BCUT2D eigenvalue weighted by molar-refractivity contribution is -0.149. The van der Waals surface area contributed by atoms with Crippen molar-refractivity contribution in [1.82, 2.24) is 25.1 Å². The molecular formula is C24H24N6O4. The van der Waals surface area contributed by atoms with Crippen molar-refractivity contribution in [2.75, 3.05) is 13.7 Å². The molecule has 34 heavy (non-hydrogen) atoms. The molecule has 1 aromatic carbocycles. The zero-order valence-corrected chi connectivity index (χ0v) is 18.8. The number of hydrogen-bond donors (Lipinski definition) is 0. The molecular weight excluding hydrogens is 436 g/mol. The van der Waals surface area contributed by atoms with Crippen molar-refractivity contribution in [2.24, 2.45) is 0 Å². The van der Waals surface area contributed by atoms with Crippen molar-refractivity contribution < 1.29 is 18.7 Å². The zero-order chi connectivity index (χ0) is 24.0. The lowest BCUT2D eigenvalue weighted by atomic mass is 9.81. The highest BCUT2D eigenvalue weighted by atomic mass is 16.5. The van der Waals surface area contributed by atoms with Crippen molar-refractivity contribution in [2.45, 2.75) is 37.6 Å². The topological polar surface area (TPSA) is 127 Å². The van der Waals surface area contributed by atoms with E-state index < -0.39 is 24.0 Å². The Kier molecular flexibility index (Phi) is 6.82. The molecule has 10 heteroatoms. The SMILES string of the molecule is CN(C(=O)COC(=O)C(=Cc1ccco1)n1nnnc1-c1ccccc1)C1(C#N)CCCCC1. The van der Waals surface area contributed by atoms with E-state index in [1.54, 1.807) is 19.2 Å². The third-order valence-corrected chi connectivity index (χ3v) is 5.99. The number of likely N-dealkylation sites (N-methyl/N-ethyl adjacent to an activating group) is 1. The highest BCUT2D eigenvalue weighted by molar-refractivity contribution is 6.15. The minimum absolute atomic E-state index is 0.0260. The van der Waals surface area contributed by atoms with Crippen LogP contribution in [0.25, 0.3) is 23.2 Å². The highest BCUT2D eigenvalue weighted by Gasteiger charge is 2.39. The smallest absolute Gasteiger partial charge is 0.357 e. The summed E-state index contributed by atoms with van der Waals surface area (Å²) in [6.45, 7) is -0.517. The van der Waals surface area contributed by atoms with Gasteiger partial charge in [-0.2, -0.15) is 9.94 Å². The molecule has 2 aromatic heterocycles. The lowest BCUT2D eigenvalue weighted by Gasteiger charge is -2.38. The number of carbonyl (C=O) groups excluding carboxylic acids is 2. The molecule has 1 aliphatic carbocycles.